The van der Waals surface area contributed by atoms with Gasteiger partial charge in [0.15, 0.2) is 40.0 Å². The Morgan fingerprint density at radius 2 is 1.60 bits per heavy atom. The molecule has 2 aromatic heterocycles. The zero-order chi connectivity index (χ0) is 24.6. The molecule has 0 saturated heterocycles. The Balaban J connectivity index is 1.29. The van der Waals surface area contributed by atoms with Crippen LogP contribution in [0, 0.1) is 17.0 Å². The topological polar surface area (TPSA) is 82.0 Å². The van der Waals surface area contributed by atoms with Crippen LogP contribution in [0.4, 0.5) is 8.78 Å². The van der Waals surface area contributed by atoms with Crippen LogP contribution < -0.4 is 4.74 Å². The minimum Gasteiger partial charge on any atom is -0.452 e. The summed E-state index contributed by atoms with van der Waals surface area (Å²) in [7, 11) is 0. The standard InChI is InChI=1S/C26H18ClF2N3O3/c27-23-14-31-24-20(7-10-30-25(24)32-23)35-19-6-3-16(11-18(19)29)13-22(34)26(8-9-26)21(33)12-15-1-4-17(28)5-2-15/h1-7,10-11,14H,8-9,12-13H2. The highest BCUT2D eigenvalue weighted by molar-refractivity contribution is 6.29. The highest BCUT2D eigenvalue weighted by Gasteiger charge is 2.54. The summed E-state index contributed by atoms with van der Waals surface area (Å²) in [5.41, 5.74) is 0.629. The van der Waals surface area contributed by atoms with Crippen LogP contribution in [0.3, 0.4) is 0 Å². The molecule has 176 valence electrons. The molecule has 0 atom stereocenters. The second-order valence-corrected chi connectivity index (χ2v) is 8.84. The fourth-order valence-electron chi connectivity index (χ4n) is 3.96. The lowest BCUT2D eigenvalue weighted by atomic mass is 9.88. The first-order valence-corrected chi connectivity index (χ1v) is 11.3. The molecule has 1 aliphatic rings. The molecular weight excluding hydrogens is 476 g/mol. The lowest BCUT2D eigenvalue weighted by molar-refractivity contribution is -0.133. The number of nitrogens with zero attached hydrogens (tertiary/aromatic N) is 3. The van der Waals surface area contributed by atoms with Crippen LogP contribution in [0.2, 0.25) is 5.15 Å². The van der Waals surface area contributed by atoms with Gasteiger partial charge in [-0.1, -0.05) is 29.8 Å². The molecule has 0 N–H and O–H groups in total. The zero-order valence-corrected chi connectivity index (χ0v) is 19.1. The van der Waals surface area contributed by atoms with Crippen molar-refractivity contribution < 1.29 is 23.1 Å². The quantitative estimate of drug-likeness (QED) is 0.303. The molecule has 6 nitrogen and oxygen atoms in total. The average molecular weight is 494 g/mol. The molecule has 2 aromatic carbocycles. The third-order valence-corrected chi connectivity index (χ3v) is 6.24. The number of carbonyl (C=O) groups is 2. The number of pyridine rings is 1. The first-order chi connectivity index (χ1) is 16.8. The van der Waals surface area contributed by atoms with Crippen LogP contribution in [0.5, 0.6) is 11.5 Å². The van der Waals surface area contributed by atoms with E-state index in [1.807, 2.05) is 0 Å². The molecular formula is C26H18ClF2N3O3. The Hall–Kier alpha value is -3.78. The van der Waals surface area contributed by atoms with Crippen molar-refractivity contribution >= 4 is 34.3 Å². The molecule has 1 saturated carbocycles. The van der Waals surface area contributed by atoms with Crippen molar-refractivity contribution in [3.05, 3.63) is 88.8 Å². The van der Waals surface area contributed by atoms with E-state index in [4.69, 9.17) is 16.3 Å². The normalized spacial score (nSPS) is 14.0. The molecule has 35 heavy (non-hydrogen) atoms. The van der Waals surface area contributed by atoms with Crippen molar-refractivity contribution in [2.45, 2.75) is 25.7 Å². The summed E-state index contributed by atoms with van der Waals surface area (Å²) in [5.74, 6) is -1.29. The summed E-state index contributed by atoms with van der Waals surface area (Å²) in [4.78, 5) is 38.1. The van der Waals surface area contributed by atoms with Gasteiger partial charge in [-0.3, -0.25) is 9.59 Å². The molecule has 0 bridgehead atoms. The number of benzene rings is 2. The fourth-order valence-corrected chi connectivity index (χ4v) is 4.09. The van der Waals surface area contributed by atoms with E-state index in [1.165, 1.54) is 54.9 Å². The van der Waals surface area contributed by atoms with Gasteiger partial charge in [0, 0.05) is 25.1 Å². The first kappa shape index (κ1) is 23.0. The van der Waals surface area contributed by atoms with Gasteiger partial charge in [0.25, 0.3) is 0 Å². The highest BCUT2D eigenvalue weighted by atomic mass is 35.5. The van der Waals surface area contributed by atoms with E-state index in [0.717, 1.165) is 0 Å². The molecule has 0 aliphatic heterocycles. The highest BCUT2D eigenvalue weighted by Crippen LogP contribution is 2.49. The van der Waals surface area contributed by atoms with Crippen LogP contribution in [0.15, 0.2) is 60.9 Å². The summed E-state index contributed by atoms with van der Waals surface area (Å²) < 4.78 is 33.6. The fraction of sp³-hybridized carbons (Fsp3) is 0.192. The monoisotopic (exact) mass is 493 g/mol. The van der Waals surface area contributed by atoms with Gasteiger partial charge in [-0.25, -0.2) is 23.7 Å². The van der Waals surface area contributed by atoms with Gasteiger partial charge in [0.05, 0.1) is 11.6 Å². The molecule has 1 aliphatic carbocycles. The molecule has 0 amide bonds. The molecule has 2 heterocycles. The SMILES string of the molecule is O=C(Cc1ccc(F)cc1)C1(C(=O)Cc2ccc(Oc3ccnc4nc(Cl)cnc34)c(F)c2)CC1. The molecule has 4 aromatic rings. The second-order valence-electron chi connectivity index (χ2n) is 8.45. The van der Waals surface area contributed by atoms with Gasteiger partial charge in [-0.2, -0.15) is 0 Å². The van der Waals surface area contributed by atoms with Crippen LogP contribution in [0.1, 0.15) is 24.0 Å². The minimum absolute atomic E-state index is 0.0565. The van der Waals surface area contributed by atoms with Gasteiger partial charge < -0.3 is 4.74 Å². The third kappa shape index (κ3) is 4.74. The zero-order valence-electron chi connectivity index (χ0n) is 18.3. The lowest BCUT2D eigenvalue weighted by Gasteiger charge is -2.14. The van der Waals surface area contributed by atoms with Crippen LogP contribution in [-0.2, 0) is 22.4 Å². The maximum atomic E-state index is 14.8. The van der Waals surface area contributed by atoms with Crippen molar-refractivity contribution in [3.63, 3.8) is 0 Å². The van der Waals surface area contributed by atoms with Crippen molar-refractivity contribution in [2.24, 2.45) is 5.41 Å². The van der Waals surface area contributed by atoms with Gasteiger partial charge in [0.2, 0.25) is 0 Å². The second kappa shape index (κ2) is 9.11. The van der Waals surface area contributed by atoms with Gasteiger partial charge in [-0.05, 0) is 48.2 Å². The van der Waals surface area contributed by atoms with Gasteiger partial charge in [0.1, 0.15) is 11.0 Å². The molecule has 1 fully saturated rings. The third-order valence-electron chi connectivity index (χ3n) is 6.06. The number of carbonyl (C=O) groups excluding carboxylic acids is 2. The molecule has 5 rings (SSSR count). The minimum atomic E-state index is -1.05. The van der Waals surface area contributed by atoms with Crippen LogP contribution >= 0.6 is 11.6 Å². The van der Waals surface area contributed by atoms with E-state index < -0.39 is 11.2 Å². The van der Waals surface area contributed by atoms with E-state index in [2.05, 4.69) is 15.0 Å². The first-order valence-electron chi connectivity index (χ1n) is 10.9. The van der Waals surface area contributed by atoms with E-state index in [-0.39, 0.29) is 52.5 Å². The van der Waals surface area contributed by atoms with E-state index >= 15 is 0 Å². The smallest absolute Gasteiger partial charge is 0.183 e. The Morgan fingerprint density at radius 1 is 0.914 bits per heavy atom. The number of hydrogen-bond acceptors (Lipinski definition) is 6. The Morgan fingerprint density at radius 3 is 2.29 bits per heavy atom. The largest absolute Gasteiger partial charge is 0.452 e. The summed E-state index contributed by atoms with van der Waals surface area (Å²) >= 11 is 5.84. The number of ketones is 2. The van der Waals surface area contributed by atoms with Crippen molar-refractivity contribution in [1.29, 1.82) is 0 Å². The molecule has 0 spiro atoms. The number of halogens is 3. The van der Waals surface area contributed by atoms with Crippen LogP contribution in [0.25, 0.3) is 11.2 Å². The Labute approximate surface area is 204 Å². The van der Waals surface area contributed by atoms with Crippen LogP contribution in [-0.4, -0.2) is 26.5 Å². The summed E-state index contributed by atoms with van der Waals surface area (Å²) in [6, 6.07) is 11.4. The Bertz CT molecular complexity index is 1460. The van der Waals surface area contributed by atoms with E-state index in [0.29, 0.717) is 29.5 Å². The number of hydrogen-bond donors (Lipinski definition) is 0. The predicted molar refractivity (Wildman–Crippen MR) is 124 cm³/mol. The average Bonchev–Trinajstić information content (AvgIpc) is 3.65. The molecule has 9 heteroatoms. The number of rotatable bonds is 8. The van der Waals surface area contributed by atoms with Crippen molar-refractivity contribution in [2.75, 3.05) is 0 Å². The maximum absolute atomic E-state index is 14.8. The van der Waals surface area contributed by atoms with E-state index in [1.54, 1.807) is 6.07 Å². The van der Waals surface area contributed by atoms with E-state index in [9.17, 15) is 18.4 Å². The molecule has 0 radical (unpaired) electrons. The molecule has 0 unspecified atom stereocenters. The maximum Gasteiger partial charge on any atom is 0.183 e. The summed E-state index contributed by atoms with van der Waals surface area (Å²) in [6.07, 6.45) is 3.71. The Kier molecular flexibility index (Phi) is 5.98. The lowest BCUT2D eigenvalue weighted by Crippen LogP contribution is -2.28. The predicted octanol–water partition coefficient (Wildman–Crippen LogP) is 5.45. The van der Waals surface area contributed by atoms with Gasteiger partial charge >= 0.3 is 0 Å². The van der Waals surface area contributed by atoms with Crippen molar-refractivity contribution in [3.8, 4) is 11.5 Å². The summed E-state index contributed by atoms with van der Waals surface area (Å²) in [6.45, 7) is 0. The van der Waals surface area contributed by atoms with Gasteiger partial charge in [-0.15, -0.1) is 0 Å². The van der Waals surface area contributed by atoms with Crippen molar-refractivity contribution in [1.82, 2.24) is 15.0 Å². The number of fused-ring (bicyclic) bond motifs is 1. The number of ether oxygens (including phenoxy) is 1. The summed E-state index contributed by atoms with van der Waals surface area (Å²) in [5, 5.41) is 0.173. The number of aromatic nitrogens is 3. The number of Topliss-reactive ketones (excluding diaryl/α,β-unsaturated/α-hetero) is 2.